The zero-order chi connectivity index (χ0) is 16.8. The van der Waals surface area contributed by atoms with E-state index in [0.717, 1.165) is 48.2 Å². The molecule has 1 aromatic heterocycles. The van der Waals surface area contributed by atoms with E-state index >= 15 is 0 Å². The van der Waals surface area contributed by atoms with E-state index in [9.17, 15) is 9.18 Å². The van der Waals surface area contributed by atoms with E-state index in [0.29, 0.717) is 13.0 Å². The summed E-state index contributed by atoms with van der Waals surface area (Å²) in [6, 6.07) is 10.4. The van der Waals surface area contributed by atoms with Gasteiger partial charge in [-0.05, 0) is 29.8 Å². The minimum Gasteiger partial charge on any atom is -0.379 e. The number of hydrogen-bond acceptors (Lipinski definition) is 4. The third-order valence-corrected chi connectivity index (χ3v) is 5.09. The zero-order valence-electron chi connectivity index (χ0n) is 13.5. The maximum atomic E-state index is 13.3. The van der Waals surface area contributed by atoms with E-state index in [1.165, 1.54) is 23.5 Å². The molecule has 128 valence electrons. The van der Waals surface area contributed by atoms with Gasteiger partial charge in [-0.3, -0.25) is 9.69 Å². The van der Waals surface area contributed by atoms with Crippen LogP contribution < -0.4 is 5.32 Å². The highest BCUT2D eigenvalue weighted by Crippen LogP contribution is 2.28. The van der Waals surface area contributed by atoms with Gasteiger partial charge in [-0.25, -0.2) is 4.39 Å². The van der Waals surface area contributed by atoms with Crippen LogP contribution in [-0.4, -0.2) is 50.2 Å². The fourth-order valence-corrected chi connectivity index (χ4v) is 3.67. The molecule has 2 aromatic rings. The van der Waals surface area contributed by atoms with E-state index in [1.807, 2.05) is 18.2 Å². The summed E-state index contributed by atoms with van der Waals surface area (Å²) >= 11 is 1.53. The molecule has 1 N–H and O–H groups in total. The van der Waals surface area contributed by atoms with Gasteiger partial charge in [0.05, 0.1) is 19.6 Å². The van der Waals surface area contributed by atoms with E-state index in [-0.39, 0.29) is 11.7 Å². The molecule has 0 atom stereocenters. The number of carbonyl (C=O) groups excluding carboxylic acids is 1. The molecule has 0 saturated carbocycles. The molecule has 1 aliphatic heterocycles. The number of halogens is 1. The van der Waals surface area contributed by atoms with Gasteiger partial charge in [-0.1, -0.05) is 12.1 Å². The third kappa shape index (κ3) is 4.87. The molecule has 0 spiro atoms. The molecule has 24 heavy (non-hydrogen) atoms. The fraction of sp³-hybridized carbons (Fsp3) is 0.389. The predicted molar refractivity (Wildman–Crippen MR) is 93.7 cm³/mol. The van der Waals surface area contributed by atoms with Gasteiger partial charge in [-0.2, -0.15) is 0 Å². The Morgan fingerprint density at radius 2 is 2.08 bits per heavy atom. The molecule has 2 heterocycles. The molecule has 3 rings (SSSR count). The molecule has 1 aromatic carbocycles. The largest absolute Gasteiger partial charge is 0.379 e. The lowest BCUT2D eigenvalue weighted by molar-refractivity contribution is -0.120. The van der Waals surface area contributed by atoms with Crippen LogP contribution in [0.5, 0.6) is 0 Å². The van der Waals surface area contributed by atoms with Crippen molar-refractivity contribution >= 4 is 17.2 Å². The molecular weight excluding hydrogens is 327 g/mol. The second-order valence-corrected chi connectivity index (χ2v) is 6.93. The Bertz CT molecular complexity index is 683. The monoisotopic (exact) mass is 348 g/mol. The number of thiophene rings is 1. The Morgan fingerprint density at radius 3 is 2.88 bits per heavy atom. The molecule has 0 aliphatic carbocycles. The van der Waals surface area contributed by atoms with Gasteiger partial charge in [-0.15, -0.1) is 11.3 Å². The molecule has 1 saturated heterocycles. The highest BCUT2D eigenvalue weighted by molar-refractivity contribution is 7.15. The number of morpholine rings is 1. The Hall–Kier alpha value is -1.76. The van der Waals surface area contributed by atoms with Crippen LogP contribution in [0, 0.1) is 5.82 Å². The van der Waals surface area contributed by atoms with Crippen molar-refractivity contribution in [2.45, 2.75) is 6.42 Å². The van der Waals surface area contributed by atoms with Crippen molar-refractivity contribution in [1.29, 1.82) is 0 Å². The number of benzene rings is 1. The van der Waals surface area contributed by atoms with Crippen LogP contribution in [-0.2, 0) is 16.0 Å². The average Bonchev–Trinajstić information content (AvgIpc) is 3.04. The van der Waals surface area contributed by atoms with Crippen molar-refractivity contribution in [2.24, 2.45) is 0 Å². The minimum absolute atomic E-state index is 0.0240. The van der Waals surface area contributed by atoms with Crippen molar-refractivity contribution in [3.05, 3.63) is 47.1 Å². The van der Waals surface area contributed by atoms with Gasteiger partial charge in [0.25, 0.3) is 0 Å². The first kappa shape index (κ1) is 17.1. The van der Waals surface area contributed by atoms with Crippen molar-refractivity contribution in [2.75, 3.05) is 39.4 Å². The summed E-state index contributed by atoms with van der Waals surface area (Å²) in [6.45, 7) is 4.91. The van der Waals surface area contributed by atoms with Crippen molar-refractivity contribution in [3.8, 4) is 10.4 Å². The van der Waals surface area contributed by atoms with Gasteiger partial charge < -0.3 is 10.1 Å². The fourth-order valence-electron chi connectivity index (χ4n) is 2.67. The molecule has 1 fully saturated rings. The number of nitrogens with zero attached hydrogens (tertiary/aromatic N) is 1. The number of ether oxygens (including phenoxy) is 1. The van der Waals surface area contributed by atoms with Gasteiger partial charge in [0.15, 0.2) is 0 Å². The van der Waals surface area contributed by atoms with E-state index < -0.39 is 0 Å². The predicted octanol–water partition coefficient (Wildman–Crippen LogP) is 2.55. The Labute approximate surface area is 145 Å². The highest BCUT2D eigenvalue weighted by Gasteiger charge is 2.11. The van der Waals surface area contributed by atoms with Crippen molar-refractivity contribution in [3.63, 3.8) is 0 Å². The Balaban J connectivity index is 1.46. The zero-order valence-corrected chi connectivity index (χ0v) is 14.3. The number of amides is 1. The SMILES string of the molecule is O=C(Cc1ccc(-c2cccc(F)c2)s1)NCCN1CCOCC1. The normalized spacial score (nSPS) is 15.4. The van der Waals surface area contributed by atoms with Gasteiger partial charge in [0, 0.05) is 35.9 Å². The van der Waals surface area contributed by atoms with Gasteiger partial charge in [0.1, 0.15) is 5.82 Å². The Morgan fingerprint density at radius 1 is 1.25 bits per heavy atom. The summed E-state index contributed by atoms with van der Waals surface area (Å²) < 4.78 is 18.6. The standard InChI is InChI=1S/C18H21FN2O2S/c19-15-3-1-2-14(12-15)17-5-4-16(24-17)13-18(22)20-6-7-21-8-10-23-11-9-21/h1-5,12H,6-11,13H2,(H,20,22). The molecule has 0 radical (unpaired) electrons. The molecule has 0 unspecified atom stereocenters. The van der Waals surface area contributed by atoms with Crippen LogP contribution in [0.25, 0.3) is 10.4 Å². The number of rotatable bonds is 6. The first-order valence-electron chi connectivity index (χ1n) is 8.12. The van der Waals surface area contributed by atoms with Crippen molar-refractivity contribution < 1.29 is 13.9 Å². The maximum Gasteiger partial charge on any atom is 0.225 e. The summed E-state index contributed by atoms with van der Waals surface area (Å²) in [7, 11) is 0. The molecule has 4 nitrogen and oxygen atoms in total. The second kappa shape index (κ2) is 8.37. The molecule has 0 bridgehead atoms. The minimum atomic E-state index is -0.247. The number of carbonyl (C=O) groups is 1. The third-order valence-electron chi connectivity index (χ3n) is 3.96. The summed E-state index contributed by atoms with van der Waals surface area (Å²) in [4.78, 5) is 16.3. The Kier molecular flexibility index (Phi) is 5.96. The van der Waals surface area contributed by atoms with Gasteiger partial charge >= 0.3 is 0 Å². The summed E-state index contributed by atoms with van der Waals surface area (Å²) in [6.07, 6.45) is 0.364. The summed E-state index contributed by atoms with van der Waals surface area (Å²) in [5, 5.41) is 2.96. The lowest BCUT2D eigenvalue weighted by Gasteiger charge is -2.26. The smallest absolute Gasteiger partial charge is 0.225 e. The van der Waals surface area contributed by atoms with E-state index in [2.05, 4.69) is 10.2 Å². The first-order chi connectivity index (χ1) is 11.7. The average molecular weight is 348 g/mol. The van der Waals surface area contributed by atoms with Crippen LogP contribution in [0.1, 0.15) is 4.88 Å². The van der Waals surface area contributed by atoms with E-state index in [1.54, 1.807) is 6.07 Å². The van der Waals surface area contributed by atoms with Crippen LogP contribution in [0.4, 0.5) is 4.39 Å². The summed E-state index contributed by atoms with van der Waals surface area (Å²) in [5.74, 6) is -0.223. The quantitative estimate of drug-likeness (QED) is 0.872. The topological polar surface area (TPSA) is 41.6 Å². The first-order valence-corrected chi connectivity index (χ1v) is 8.94. The molecular formula is C18H21FN2O2S. The molecule has 1 aliphatic rings. The summed E-state index contributed by atoms with van der Waals surface area (Å²) in [5.41, 5.74) is 0.846. The number of hydrogen-bond donors (Lipinski definition) is 1. The molecule has 6 heteroatoms. The van der Waals surface area contributed by atoms with Crippen LogP contribution in [0.15, 0.2) is 36.4 Å². The number of nitrogens with one attached hydrogen (secondary N) is 1. The van der Waals surface area contributed by atoms with Crippen LogP contribution in [0.2, 0.25) is 0 Å². The lowest BCUT2D eigenvalue weighted by Crippen LogP contribution is -2.41. The lowest BCUT2D eigenvalue weighted by atomic mass is 10.2. The van der Waals surface area contributed by atoms with Crippen LogP contribution >= 0.6 is 11.3 Å². The molecule has 1 amide bonds. The highest BCUT2D eigenvalue weighted by atomic mass is 32.1. The maximum absolute atomic E-state index is 13.3. The second-order valence-electron chi connectivity index (χ2n) is 5.76. The van der Waals surface area contributed by atoms with Crippen LogP contribution in [0.3, 0.4) is 0 Å². The van der Waals surface area contributed by atoms with Crippen molar-refractivity contribution in [1.82, 2.24) is 10.2 Å². The van der Waals surface area contributed by atoms with Gasteiger partial charge in [0.2, 0.25) is 5.91 Å². The van der Waals surface area contributed by atoms with E-state index in [4.69, 9.17) is 4.74 Å².